The van der Waals surface area contributed by atoms with Crippen LogP contribution < -0.4 is 10.2 Å². The third-order valence-corrected chi connectivity index (χ3v) is 6.40. The predicted molar refractivity (Wildman–Crippen MR) is 117 cm³/mol. The number of pyridine rings is 1. The predicted octanol–water partition coefficient (Wildman–Crippen LogP) is 4.37. The molecule has 7 heteroatoms. The molecule has 2 fully saturated rings. The molecular formula is C24H24FN5O. The number of nitrogens with one attached hydrogen (secondary N) is 1. The minimum atomic E-state index is -0.480. The van der Waals surface area contributed by atoms with Gasteiger partial charge in [0.05, 0.1) is 12.4 Å². The fraction of sp³-hybridized carbons (Fsp3) is 0.333. The molecule has 1 N–H and O–H groups in total. The van der Waals surface area contributed by atoms with E-state index in [1.54, 1.807) is 6.20 Å². The van der Waals surface area contributed by atoms with Crippen molar-refractivity contribution in [2.45, 2.75) is 38.6 Å². The molecule has 2 aliphatic rings. The summed E-state index contributed by atoms with van der Waals surface area (Å²) in [5.74, 6) is 0.749. The van der Waals surface area contributed by atoms with Crippen molar-refractivity contribution in [2.24, 2.45) is 5.41 Å². The quantitative estimate of drug-likeness (QED) is 0.682. The van der Waals surface area contributed by atoms with Crippen LogP contribution in [0.25, 0.3) is 11.4 Å². The SMILES string of the molecule is Cc1ccc(NC(=O)[C@H]2CCC3(CC3)CN2c2ccccn2)cc1-c1ncc(F)cn1. The maximum absolute atomic E-state index is 13.3. The maximum atomic E-state index is 13.3. The Hall–Kier alpha value is -3.35. The topological polar surface area (TPSA) is 71.0 Å². The first-order chi connectivity index (χ1) is 15.0. The van der Waals surface area contributed by atoms with Crippen molar-refractivity contribution in [3.8, 4) is 11.4 Å². The van der Waals surface area contributed by atoms with Gasteiger partial charge in [0.15, 0.2) is 11.6 Å². The van der Waals surface area contributed by atoms with Crippen LogP contribution in [-0.4, -0.2) is 33.4 Å². The Morgan fingerprint density at radius 1 is 1.13 bits per heavy atom. The Bertz CT molecular complexity index is 1100. The van der Waals surface area contributed by atoms with E-state index < -0.39 is 5.82 Å². The summed E-state index contributed by atoms with van der Waals surface area (Å²) >= 11 is 0. The monoisotopic (exact) mass is 417 g/mol. The summed E-state index contributed by atoms with van der Waals surface area (Å²) in [6.07, 6.45) is 8.39. The van der Waals surface area contributed by atoms with Gasteiger partial charge in [0, 0.05) is 24.0 Å². The molecule has 0 unspecified atom stereocenters. The first-order valence-corrected chi connectivity index (χ1v) is 10.6. The number of rotatable bonds is 4. The molecule has 3 aromatic rings. The highest BCUT2D eigenvalue weighted by Crippen LogP contribution is 2.53. The lowest BCUT2D eigenvalue weighted by atomic mass is 9.89. The Balaban J connectivity index is 1.39. The molecule has 31 heavy (non-hydrogen) atoms. The highest BCUT2D eigenvalue weighted by molar-refractivity contribution is 5.97. The number of piperidine rings is 1. The number of hydrogen-bond donors (Lipinski definition) is 1. The van der Waals surface area contributed by atoms with Gasteiger partial charge in [-0.25, -0.2) is 19.3 Å². The second-order valence-electron chi connectivity index (χ2n) is 8.61. The van der Waals surface area contributed by atoms with E-state index in [0.717, 1.165) is 48.7 Å². The number of nitrogens with zero attached hydrogens (tertiary/aromatic N) is 4. The number of benzene rings is 1. The van der Waals surface area contributed by atoms with E-state index >= 15 is 0 Å². The molecule has 1 amide bonds. The number of carbonyl (C=O) groups excluding carboxylic acids is 1. The highest BCUT2D eigenvalue weighted by Gasteiger charge is 2.49. The Morgan fingerprint density at radius 3 is 2.65 bits per heavy atom. The average molecular weight is 417 g/mol. The Labute approximate surface area is 180 Å². The lowest BCUT2D eigenvalue weighted by Gasteiger charge is -2.40. The van der Waals surface area contributed by atoms with Crippen LogP contribution in [0.2, 0.25) is 0 Å². The molecule has 0 bridgehead atoms. The van der Waals surface area contributed by atoms with Crippen molar-refractivity contribution in [2.75, 3.05) is 16.8 Å². The molecule has 3 heterocycles. The standard InChI is InChI=1S/C24H24FN5O/c1-16-5-6-18(12-19(16)22-27-13-17(25)14-28-22)29-23(31)20-7-8-24(9-10-24)15-30(20)21-4-2-3-11-26-21/h2-6,11-14,20H,7-10,15H2,1H3,(H,29,31)/t20-/m1/s1. The summed E-state index contributed by atoms with van der Waals surface area (Å²) in [6.45, 7) is 2.80. The third-order valence-electron chi connectivity index (χ3n) is 6.40. The zero-order chi connectivity index (χ0) is 21.4. The zero-order valence-electron chi connectivity index (χ0n) is 17.4. The largest absolute Gasteiger partial charge is 0.344 e. The number of anilines is 2. The first kappa shape index (κ1) is 19.6. The van der Waals surface area contributed by atoms with Crippen LogP contribution in [0.1, 0.15) is 31.2 Å². The number of carbonyl (C=O) groups is 1. The van der Waals surface area contributed by atoms with Crippen LogP contribution >= 0.6 is 0 Å². The molecule has 1 atom stereocenters. The van der Waals surface area contributed by atoms with Gasteiger partial charge >= 0.3 is 0 Å². The summed E-state index contributed by atoms with van der Waals surface area (Å²) in [5, 5.41) is 3.07. The van der Waals surface area contributed by atoms with E-state index in [9.17, 15) is 9.18 Å². The van der Waals surface area contributed by atoms with Gasteiger partial charge in [-0.15, -0.1) is 0 Å². The number of aromatic nitrogens is 3. The molecule has 1 saturated carbocycles. The Morgan fingerprint density at radius 2 is 1.94 bits per heavy atom. The molecule has 6 nitrogen and oxygen atoms in total. The molecule has 0 radical (unpaired) electrons. The minimum absolute atomic E-state index is 0.0454. The normalized spacial score (nSPS) is 19.3. The molecule has 1 saturated heterocycles. The van der Waals surface area contributed by atoms with Crippen LogP contribution in [0.3, 0.4) is 0 Å². The van der Waals surface area contributed by atoms with Crippen molar-refractivity contribution in [3.63, 3.8) is 0 Å². The zero-order valence-corrected chi connectivity index (χ0v) is 17.4. The molecular weight excluding hydrogens is 393 g/mol. The van der Waals surface area contributed by atoms with Crippen LogP contribution in [0.4, 0.5) is 15.9 Å². The van der Waals surface area contributed by atoms with Gasteiger partial charge in [0.1, 0.15) is 11.9 Å². The lowest BCUT2D eigenvalue weighted by Crippen LogP contribution is -2.51. The van der Waals surface area contributed by atoms with Crippen molar-refractivity contribution in [3.05, 3.63) is 66.4 Å². The molecule has 1 spiro atoms. The number of aryl methyl sites for hydroxylation is 1. The molecule has 158 valence electrons. The minimum Gasteiger partial charge on any atom is -0.344 e. The van der Waals surface area contributed by atoms with Crippen molar-refractivity contribution in [1.82, 2.24) is 15.0 Å². The molecule has 1 aliphatic heterocycles. The van der Waals surface area contributed by atoms with Gasteiger partial charge in [-0.1, -0.05) is 12.1 Å². The van der Waals surface area contributed by atoms with E-state index in [-0.39, 0.29) is 11.9 Å². The van der Waals surface area contributed by atoms with Crippen LogP contribution in [0.15, 0.2) is 55.0 Å². The summed E-state index contributed by atoms with van der Waals surface area (Å²) in [6, 6.07) is 11.2. The van der Waals surface area contributed by atoms with Gasteiger partial charge in [-0.05, 0) is 67.9 Å². The van der Waals surface area contributed by atoms with Gasteiger partial charge < -0.3 is 10.2 Å². The lowest BCUT2D eigenvalue weighted by molar-refractivity contribution is -0.118. The molecule has 1 aliphatic carbocycles. The van der Waals surface area contributed by atoms with Crippen molar-refractivity contribution in [1.29, 1.82) is 0 Å². The van der Waals surface area contributed by atoms with E-state index in [2.05, 4.69) is 25.2 Å². The smallest absolute Gasteiger partial charge is 0.247 e. The number of amides is 1. The van der Waals surface area contributed by atoms with Crippen molar-refractivity contribution >= 4 is 17.4 Å². The van der Waals surface area contributed by atoms with Crippen molar-refractivity contribution < 1.29 is 9.18 Å². The second-order valence-corrected chi connectivity index (χ2v) is 8.61. The maximum Gasteiger partial charge on any atom is 0.247 e. The number of halogens is 1. The first-order valence-electron chi connectivity index (χ1n) is 10.6. The second kappa shape index (κ2) is 7.72. The molecule has 1 aromatic carbocycles. The van der Waals surface area contributed by atoms with Gasteiger partial charge in [0.25, 0.3) is 0 Å². The van der Waals surface area contributed by atoms with Crippen LogP contribution in [0.5, 0.6) is 0 Å². The summed E-state index contributed by atoms with van der Waals surface area (Å²) in [7, 11) is 0. The summed E-state index contributed by atoms with van der Waals surface area (Å²) < 4.78 is 13.2. The van der Waals surface area contributed by atoms with Gasteiger partial charge in [0.2, 0.25) is 5.91 Å². The van der Waals surface area contributed by atoms with Gasteiger partial charge in [-0.2, -0.15) is 0 Å². The highest BCUT2D eigenvalue weighted by atomic mass is 19.1. The Kier molecular flexibility index (Phi) is 4.88. The fourth-order valence-electron chi connectivity index (χ4n) is 4.39. The molecule has 2 aromatic heterocycles. The summed E-state index contributed by atoms with van der Waals surface area (Å²) in [5.41, 5.74) is 2.74. The van der Waals surface area contributed by atoms with E-state index in [1.165, 1.54) is 12.8 Å². The third kappa shape index (κ3) is 4.00. The van der Waals surface area contributed by atoms with E-state index in [4.69, 9.17) is 0 Å². The van der Waals surface area contributed by atoms with Crippen LogP contribution in [-0.2, 0) is 4.79 Å². The van der Waals surface area contributed by atoms with Crippen LogP contribution in [0, 0.1) is 18.2 Å². The number of hydrogen-bond acceptors (Lipinski definition) is 5. The van der Waals surface area contributed by atoms with E-state index in [0.29, 0.717) is 16.9 Å². The van der Waals surface area contributed by atoms with Gasteiger partial charge in [-0.3, -0.25) is 4.79 Å². The average Bonchev–Trinajstić information content (AvgIpc) is 3.54. The van der Waals surface area contributed by atoms with E-state index in [1.807, 2.05) is 43.3 Å². The summed E-state index contributed by atoms with van der Waals surface area (Å²) in [4.78, 5) is 28.1. The molecule has 5 rings (SSSR count). The fourth-order valence-corrected chi connectivity index (χ4v) is 4.39.